The van der Waals surface area contributed by atoms with E-state index in [1.54, 1.807) is 0 Å². The van der Waals surface area contributed by atoms with Gasteiger partial charge >= 0.3 is 0 Å². The van der Waals surface area contributed by atoms with Crippen molar-refractivity contribution in [2.24, 2.45) is 0 Å². The van der Waals surface area contributed by atoms with Crippen molar-refractivity contribution in [3.05, 3.63) is 257 Å². The minimum absolute atomic E-state index is 0.151. The molecule has 0 radical (unpaired) electrons. The van der Waals surface area contributed by atoms with E-state index in [-0.39, 0.29) is 5.41 Å². The number of hydrogen-bond donors (Lipinski definition) is 0. The number of nitrogens with zero attached hydrogens (tertiary/aromatic N) is 1. The molecule has 0 atom stereocenters. The van der Waals surface area contributed by atoms with Crippen LogP contribution in [-0.4, -0.2) is 0 Å². The van der Waals surface area contributed by atoms with E-state index in [1.807, 2.05) is 6.07 Å². The summed E-state index contributed by atoms with van der Waals surface area (Å²) in [5.74, 6) is 0. The van der Waals surface area contributed by atoms with E-state index in [9.17, 15) is 0 Å². The highest BCUT2D eigenvalue weighted by molar-refractivity contribution is 6.09. The summed E-state index contributed by atoms with van der Waals surface area (Å²) in [6.45, 7) is 9.36. The van der Waals surface area contributed by atoms with Gasteiger partial charge in [0.15, 0.2) is 0 Å². The molecule has 0 amide bonds. The Morgan fingerprint density at radius 2 is 0.929 bits per heavy atom. The van der Waals surface area contributed by atoms with Crippen LogP contribution in [-0.2, 0) is 23.7 Å². The molecule has 2 nitrogen and oxygen atoms in total. The molecular weight excluding hydrogens is 847 g/mol. The summed E-state index contributed by atoms with van der Waals surface area (Å²) in [6, 6.07) is 79.7. The van der Waals surface area contributed by atoms with Gasteiger partial charge < -0.3 is 9.32 Å². The molecule has 0 fully saturated rings. The zero-order chi connectivity index (χ0) is 46.9. The fourth-order valence-corrected chi connectivity index (χ4v) is 13.2. The van der Waals surface area contributed by atoms with Crippen molar-refractivity contribution in [3.8, 4) is 55.6 Å². The molecule has 0 saturated heterocycles. The van der Waals surface area contributed by atoms with Crippen molar-refractivity contribution in [2.45, 2.75) is 51.4 Å². The number of benzene rings is 10. The van der Waals surface area contributed by atoms with Crippen LogP contribution in [0.1, 0.15) is 72.2 Å². The molecule has 1 aromatic heterocycles. The number of hydrogen-bond acceptors (Lipinski definition) is 2. The molecular formula is C68H51NO. The quantitative estimate of drug-likeness (QED) is 0.158. The van der Waals surface area contributed by atoms with Crippen LogP contribution >= 0.6 is 0 Å². The number of furan rings is 1. The van der Waals surface area contributed by atoms with E-state index in [0.29, 0.717) is 0 Å². The summed E-state index contributed by atoms with van der Waals surface area (Å²) in [5, 5.41) is 2.27. The predicted molar refractivity (Wildman–Crippen MR) is 292 cm³/mol. The lowest BCUT2D eigenvalue weighted by Gasteiger charge is -2.33. The molecule has 2 heteroatoms. The summed E-state index contributed by atoms with van der Waals surface area (Å²) in [4.78, 5) is 2.46. The largest absolute Gasteiger partial charge is 0.455 e. The van der Waals surface area contributed by atoms with Gasteiger partial charge in [-0.05, 0) is 150 Å². The van der Waals surface area contributed by atoms with E-state index < -0.39 is 5.41 Å². The zero-order valence-electron chi connectivity index (χ0n) is 40.0. The van der Waals surface area contributed by atoms with Gasteiger partial charge in [-0.15, -0.1) is 0 Å². The van der Waals surface area contributed by atoms with Gasteiger partial charge in [0.05, 0.1) is 5.41 Å². The van der Waals surface area contributed by atoms with Crippen LogP contribution in [0, 0.1) is 0 Å². The SMILES string of the molecule is CCc1cccc2c1-c1c(CC)cccc1C21c2ccccc2-c2cccc(-c3cccc(N(c4ccc(-c5cccc6c5oc5ccccc56)cc4)c4ccc5c(c4)C(C)(C)c4ccccc4-5)c3)c21. The molecule has 0 unspecified atom stereocenters. The monoisotopic (exact) mass is 897 g/mol. The van der Waals surface area contributed by atoms with E-state index in [0.717, 1.165) is 63.0 Å². The number of anilines is 3. The minimum atomic E-state index is -0.474. The Bertz CT molecular complexity index is 3900. The van der Waals surface area contributed by atoms with Gasteiger partial charge in [-0.3, -0.25) is 0 Å². The van der Waals surface area contributed by atoms with Crippen molar-refractivity contribution in [1.29, 1.82) is 0 Å². The van der Waals surface area contributed by atoms with E-state index in [1.165, 1.54) is 89.0 Å². The summed E-state index contributed by atoms with van der Waals surface area (Å²) in [6.07, 6.45) is 1.96. The van der Waals surface area contributed by atoms with Crippen LogP contribution in [0.3, 0.4) is 0 Å². The third-order valence-electron chi connectivity index (χ3n) is 16.3. The van der Waals surface area contributed by atoms with E-state index in [2.05, 4.69) is 239 Å². The normalized spacial score (nSPS) is 14.1. The summed E-state index contributed by atoms with van der Waals surface area (Å²) >= 11 is 0. The molecule has 10 aromatic carbocycles. The maximum atomic E-state index is 6.54. The van der Waals surface area contributed by atoms with Crippen molar-refractivity contribution >= 4 is 39.0 Å². The average molecular weight is 898 g/mol. The second kappa shape index (κ2) is 15.1. The van der Waals surface area contributed by atoms with Gasteiger partial charge in [-0.1, -0.05) is 198 Å². The van der Waals surface area contributed by atoms with Gasteiger partial charge in [-0.2, -0.15) is 0 Å². The third kappa shape index (κ3) is 5.50. The molecule has 0 bridgehead atoms. The van der Waals surface area contributed by atoms with Crippen molar-refractivity contribution < 1.29 is 4.42 Å². The maximum Gasteiger partial charge on any atom is 0.143 e. The lowest BCUT2D eigenvalue weighted by Crippen LogP contribution is -2.26. The molecule has 70 heavy (non-hydrogen) atoms. The van der Waals surface area contributed by atoms with Crippen LogP contribution in [0.5, 0.6) is 0 Å². The van der Waals surface area contributed by atoms with Crippen molar-refractivity contribution in [1.82, 2.24) is 0 Å². The summed E-state index contributed by atoms with van der Waals surface area (Å²) < 4.78 is 6.54. The molecule has 0 aliphatic heterocycles. The standard InChI is InChI=1S/C68H51NO/c1-5-42-18-14-31-59-63(42)64-43(6-2)19-15-32-60(64)68(59)58-30-11-8-23-52(58)55-27-16-25-49(65(55)68)45-20-13-21-47(40-45)69(48-38-39-53-51-22-7-10-29-57(51)67(3,4)61(53)41-48)46-36-34-44(35-37-46)50-26-17-28-56-54-24-9-12-33-62(54)70-66(50)56/h7-41H,5-6H2,1-4H3. The first-order chi connectivity index (χ1) is 34.4. The molecule has 1 heterocycles. The van der Waals surface area contributed by atoms with Crippen molar-refractivity contribution in [2.75, 3.05) is 4.90 Å². The summed E-state index contributed by atoms with van der Waals surface area (Å²) in [7, 11) is 0. The van der Waals surface area contributed by atoms with Gasteiger partial charge in [-0.25, -0.2) is 0 Å². The zero-order valence-corrected chi connectivity index (χ0v) is 40.0. The second-order valence-electron chi connectivity index (χ2n) is 20.0. The number of fused-ring (bicyclic) bond motifs is 16. The molecule has 0 N–H and O–H groups in total. The number of aryl methyl sites for hydroxylation is 2. The number of rotatable bonds is 7. The Morgan fingerprint density at radius 3 is 1.69 bits per heavy atom. The Morgan fingerprint density at radius 1 is 0.386 bits per heavy atom. The van der Waals surface area contributed by atoms with Crippen molar-refractivity contribution in [3.63, 3.8) is 0 Å². The van der Waals surface area contributed by atoms with Gasteiger partial charge in [0.25, 0.3) is 0 Å². The lowest BCUT2D eigenvalue weighted by atomic mass is 9.68. The third-order valence-corrected chi connectivity index (χ3v) is 16.3. The Kier molecular flexibility index (Phi) is 8.84. The smallest absolute Gasteiger partial charge is 0.143 e. The first-order valence-corrected chi connectivity index (χ1v) is 25.0. The van der Waals surface area contributed by atoms with E-state index in [4.69, 9.17) is 4.42 Å². The fourth-order valence-electron chi connectivity index (χ4n) is 13.2. The Balaban J connectivity index is 0.972. The molecule has 14 rings (SSSR count). The Hall–Kier alpha value is -8.20. The lowest BCUT2D eigenvalue weighted by molar-refractivity contribution is 0.660. The highest BCUT2D eigenvalue weighted by atomic mass is 16.3. The minimum Gasteiger partial charge on any atom is -0.455 e. The summed E-state index contributed by atoms with van der Waals surface area (Å²) in [5.41, 5.74) is 28.4. The first-order valence-electron chi connectivity index (χ1n) is 25.0. The van der Waals surface area contributed by atoms with Crippen LogP contribution in [0.4, 0.5) is 17.1 Å². The van der Waals surface area contributed by atoms with Crippen LogP contribution in [0.2, 0.25) is 0 Å². The van der Waals surface area contributed by atoms with Crippen LogP contribution in [0.25, 0.3) is 77.6 Å². The predicted octanol–water partition coefficient (Wildman–Crippen LogP) is 18.2. The fraction of sp³-hybridized carbons (Fsp3) is 0.118. The van der Waals surface area contributed by atoms with Gasteiger partial charge in [0.2, 0.25) is 0 Å². The molecule has 3 aliphatic carbocycles. The van der Waals surface area contributed by atoms with Crippen LogP contribution < -0.4 is 4.90 Å². The Labute approximate surface area is 410 Å². The van der Waals surface area contributed by atoms with Gasteiger partial charge in [0, 0.05) is 38.8 Å². The number of para-hydroxylation sites is 2. The molecule has 11 aromatic rings. The molecule has 3 aliphatic rings. The molecule has 1 spiro atoms. The van der Waals surface area contributed by atoms with E-state index >= 15 is 0 Å². The molecule has 334 valence electrons. The second-order valence-corrected chi connectivity index (χ2v) is 20.0. The maximum absolute atomic E-state index is 6.54. The highest BCUT2D eigenvalue weighted by Gasteiger charge is 2.53. The topological polar surface area (TPSA) is 16.4 Å². The van der Waals surface area contributed by atoms with Gasteiger partial charge in [0.1, 0.15) is 11.2 Å². The highest BCUT2D eigenvalue weighted by Crippen LogP contribution is 2.65. The molecule has 0 saturated carbocycles. The first kappa shape index (κ1) is 40.8. The average Bonchev–Trinajstić information content (AvgIpc) is 4.11. The van der Waals surface area contributed by atoms with Crippen LogP contribution in [0.15, 0.2) is 217 Å².